The van der Waals surface area contributed by atoms with Crippen LogP contribution in [0.2, 0.25) is 0 Å². The Morgan fingerprint density at radius 2 is 1.79 bits per heavy atom. The van der Waals surface area contributed by atoms with Crippen LogP contribution in [-0.2, 0) is 22.5 Å². The Labute approximate surface area is 167 Å². The fraction of sp³-hybridized carbons (Fsp3) is 0.300. The van der Waals surface area contributed by atoms with Crippen LogP contribution in [0, 0.1) is 0 Å². The summed E-state index contributed by atoms with van der Waals surface area (Å²) in [5, 5.41) is 10.5. The summed E-state index contributed by atoms with van der Waals surface area (Å²) in [6.45, 7) is 3.23. The zero-order valence-corrected chi connectivity index (χ0v) is 16.4. The first kappa shape index (κ1) is 20.3. The number of carbonyl (C=O) groups is 1. The van der Waals surface area contributed by atoms with E-state index in [0.717, 1.165) is 11.3 Å². The number of methoxy groups -OCH3 is 1. The molecule has 0 atom stereocenters. The summed E-state index contributed by atoms with van der Waals surface area (Å²) in [6, 6.07) is 14.3. The molecule has 0 spiro atoms. The van der Waals surface area contributed by atoms with Crippen LogP contribution in [-0.4, -0.2) is 46.0 Å². The second-order valence-corrected chi connectivity index (χ2v) is 6.24. The molecule has 0 aliphatic heterocycles. The molecule has 9 nitrogen and oxygen atoms in total. The highest BCUT2D eigenvalue weighted by Crippen LogP contribution is 2.14. The minimum atomic E-state index is -0.352. The third-order valence-electron chi connectivity index (χ3n) is 4.14. The Kier molecular flexibility index (Phi) is 6.75. The summed E-state index contributed by atoms with van der Waals surface area (Å²) in [7, 11) is 1.55. The van der Waals surface area contributed by atoms with Gasteiger partial charge in [0.05, 0.1) is 31.9 Å². The number of nitrogens with zero attached hydrogens (tertiary/aromatic N) is 4. The molecule has 1 amide bonds. The van der Waals surface area contributed by atoms with E-state index >= 15 is 0 Å². The number of carbonyl (C=O) groups excluding carboxylic acids is 1. The van der Waals surface area contributed by atoms with Gasteiger partial charge >= 0.3 is 5.69 Å². The van der Waals surface area contributed by atoms with E-state index in [9.17, 15) is 9.59 Å². The van der Waals surface area contributed by atoms with E-state index in [1.165, 1.54) is 9.36 Å². The van der Waals surface area contributed by atoms with Crippen LogP contribution in [0.4, 0.5) is 5.69 Å². The number of benzene rings is 2. The number of aromatic nitrogens is 4. The Hall–Kier alpha value is -3.46. The SMILES string of the molecule is CCOc1ccc(CC(=O)Nc2ccc(-n3nnn(CCOC)c3=O)cc2)cc1. The Morgan fingerprint density at radius 3 is 2.45 bits per heavy atom. The summed E-state index contributed by atoms with van der Waals surface area (Å²) in [4.78, 5) is 24.5. The van der Waals surface area contributed by atoms with Gasteiger partial charge in [-0.2, -0.15) is 9.36 Å². The Bertz CT molecular complexity index is 993. The average Bonchev–Trinajstić information content (AvgIpc) is 3.09. The van der Waals surface area contributed by atoms with Crippen molar-refractivity contribution >= 4 is 11.6 Å². The maximum Gasteiger partial charge on any atom is 0.368 e. The van der Waals surface area contributed by atoms with Crippen molar-refractivity contribution in [2.45, 2.75) is 19.9 Å². The topological polar surface area (TPSA) is 100 Å². The third kappa shape index (κ3) is 5.29. The second kappa shape index (κ2) is 9.65. The number of nitrogens with one attached hydrogen (secondary N) is 1. The van der Waals surface area contributed by atoms with Gasteiger partial charge < -0.3 is 14.8 Å². The molecule has 0 aliphatic carbocycles. The van der Waals surface area contributed by atoms with Crippen molar-refractivity contribution in [3.63, 3.8) is 0 Å². The number of ether oxygens (including phenoxy) is 2. The van der Waals surface area contributed by atoms with Crippen LogP contribution in [0.3, 0.4) is 0 Å². The minimum Gasteiger partial charge on any atom is -0.494 e. The van der Waals surface area contributed by atoms with Crippen molar-refractivity contribution in [2.75, 3.05) is 25.6 Å². The first-order valence-corrected chi connectivity index (χ1v) is 9.24. The van der Waals surface area contributed by atoms with Gasteiger partial charge in [0, 0.05) is 12.8 Å². The van der Waals surface area contributed by atoms with Crippen molar-refractivity contribution in [1.29, 1.82) is 0 Å². The molecule has 3 rings (SSSR count). The molecule has 0 saturated heterocycles. The second-order valence-electron chi connectivity index (χ2n) is 6.24. The zero-order chi connectivity index (χ0) is 20.6. The predicted octanol–water partition coefficient (Wildman–Crippen LogP) is 1.66. The lowest BCUT2D eigenvalue weighted by atomic mass is 10.1. The van der Waals surface area contributed by atoms with E-state index in [4.69, 9.17) is 9.47 Å². The Balaban J connectivity index is 1.61. The maximum absolute atomic E-state index is 12.3. The molecular weight excluding hydrogens is 374 g/mol. The molecule has 1 heterocycles. The number of hydrogen-bond donors (Lipinski definition) is 1. The van der Waals surface area contributed by atoms with Crippen LogP contribution in [0.1, 0.15) is 12.5 Å². The number of amides is 1. The van der Waals surface area contributed by atoms with Gasteiger partial charge in [0.25, 0.3) is 0 Å². The van der Waals surface area contributed by atoms with Crippen molar-refractivity contribution in [3.05, 3.63) is 64.6 Å². The molecule has 3 aromatic rings. The van der Waals surface area contributed by atoms with Gasteiger partial charge in [0.2, 0.25) is 5.91 Å². The van der Waals surface area contributed by atoms with Gasteiger partial charge in [-0.15, -0.1) is 0 Å². The molecule has 152 valence electrons. The summed E-state index contributed by atoms with van der Waals surface area (Å²) in [5.41, 5.74) is 1.73. The molecule has 0 saturated carbocycles. The van der Waals surface area contributed by atoms with Crippen LogP contribution in [0.25, 0.3) is 5.69 Å². The van der Waals surface area contributed by atoms with Crippen molar-refractivity contribution in [1.82, 2.24) is 19.8 Å². The largest absolute Gasteiger partial charge is 0.494 e. The van der Waals surface area contributed by atoms with Crippen LogP contribution in [0.15, 0.2) is 53.3 Å². The fourth-order valence-electron chi connectivity index (χ4n) is 2.70. The monoisotopic (exact) mass is 397 g/mol. The summed E-state index contributed by atoms with van der Waals surface area (Å²) >= 11 is 0. The highest BCUT2D eigenvalue weighted by molar-refractivity contribution is 5.92. The van der Waals surface area contributed by atoms with Gasteiger partial charge in [-0.05, 0) is 59.3 Å². The third-order valence-corrected chi connectivity index (χ3v) is 4.14. The lowest BCUT2D eigenvalue weighted by molar-refractivity contribution is -0.115. The van der Waals surface area contributed by atoms with E-state index in [0.29, 0.717) is 31.1 Å². The summed E-state index contributed by atoms with van der Waals surface area (Å²) in [5.74, 6) is 0.645. The molecule has 29 heavy (non-hydrogen) atoms. The van der Waals surface area contributed by atoms with Crippen LogP contribution >= 0.6 is 0 Å². The minimum absolute atomic E-state index is 0.135. The molecule has 0 fully saturated rings. The number of anilines is 1. The number of tetrazole rings is 1. The van der Waals surface area contributed by atoms with Crippen LogP contribution in [0.5, 0.6) is 5.75 Å². The Morgan fingerprint density at radius 1 is 1.07 bits per heavy atom. The number of hydrogen-bond acceptors (Lipinski definition) is 6. The molecule has 0 unspecified atom stereocenters. The summed E-state index contributed by atoms with van der Waals surface area (Å²) < 4.78 is 12.8. The summed E-state index contributed by atoms with van der Waals surface area (Å²) in [6.07, 6.45) is 0.251. The smallest absolute Gasteiger partial charge is 0.368 e. The average molecular weight is 397 g/mol. The van der Waals surface area contributed by atoms with Gasteiger partial charge in [-0.1, -0.05) is 12.1 Å². The van der Waals surface area contributed by atoms with Crippen molar-refractivity contribution in [2.24, 2.45) is 0 Å². The molecule has 1 aromatic heterocycles. The van der Waals surface area contributed by atoms with Gasteiger partial charge in [-0.3, -0.25) is 4.79 Å². The first-order chi connectivity index (χ1) is 14.1. The maximum atomic E-state index is 12.3. The lowest BCUT2D eigenvalue weighted by Crippen LogP contribution is -2.25. The number of rotatable bonds is 9. The highest BCUT2D eigenvalue weighted by atomic mass is 16.5. The predicted molar refractivity (Wildman–Crippen MR) is 107 cm³/mol. The molecule has 1 N–H and O–H groups in total. The normalized spacial score (nSPS) is 10.7. The quantitative estimate of drug-likeness (QED) is 0.589. The van der Waals surface area contributed by atoms with Gasteiger partial charge in [0.1, 0.15) is 5.75 Å². The fourth-order valence-corrected chi connectivity index (χ4v) is 2.70. The van der Waals surface area contributed by atoms with E-state index < -0.39 is 0 Å². The van der Waals surface area contributed by atoms with E-state index in [1.807, 2.05) is 31.2 Å². The molecule has 0 bridgehead atoms. The molecule has 9 heteroatoms. The highest BCUT2D eigenvalue weighted by Gasteiger charge is 2.09. The molecule has 0 aliphatic rings. The lowest BCUT2D eigenvalue weighted by Gasteiger charge is -2.07. The molecular formula is C20H23N5O4. The zero-order valence-electron chi connectivity index (χ0n) is 16.4. The molecule has 2 aromatic carbocycles. The molecule has 0 radical (unpaired) electrons. The van der Waals surface area contributed by atoms with Crippen molar-refractivity contribution < 1.29 is 14.3 Å². The van der Waals surface area contributed by atoms with Crippen LogP contribution < -0.4 is 15.7 Å². The van der Waals surface area contributed by atoms with E-state index in [1.54, 1.807) is 31.4 Å². The van der Waals surface area contributed by atoms with Crippen molar-refractivity contribution in [3.8, 4) is 11.4 Å². The van der Waals surface area contributed by atoms with Gasteiger partial charge in [0.15, 0.2) is 0 Å². The van der Waals surface area contributed by atoms with E-state index in [-0.39, 0.29) is 18.0 Å². The standard InChI is InChI=1S/C20H23N5O4/c1-3-29-18-10-4-15(5-11-18)14-19(26)21-16-6-8-17(9-7-16)25-20(27)24(22-23-25)12-13-28-2/h4-11H,3,12-14H2,1-2H3,(H,21,26). The van der Waals surface area contributed by atoms with E-state index in [2.05, 4.69) is 15.7 Å². The van der Waals surface area contributed by atoms with Gasteiger partial charge in [-0.25, -0.2) is 4.79 Å². The first-order valence-electron chi connectivity index (χ1n) is 9.24.